The molecule has 1 fully saturated rings. The minimum Gasteiger partial charge on any atom is -0.481 e. The first kappa shape index (κ1) is 104. The number of carboxylic acid groups (broad SMARTS) is 4. The quantitative estimate of drug-likeness (QED) is 0.00470. The number of anilines is 1. The molecule has 12 atom stereocenters. The number of aliphatic hydroxyl groups excluding tert-OH is 1. The molecule has 10 unspecified atom stereocenters. The van der Waals surface area contributed by atoms with Crippen molar-refractivity contribution in [1.29, 1.82) is 2.56 Å². The molecule has 0 saturated carbocycles. The fraction of sp³-hybridized carbons (Fsp3) is 0.438. The topological polar surface area (TPSA) is 622 Å². The van der Waals surface area contributed by atoms with Crippen molar-refractivity contribution in [2.45, 2.75) is 144 Å². The monoisotopic (exact) mass is 2020 g/mol. The number of benzene rings is 4. The summed E-state index contributed by atoms with van der Waals surface area (Å²) in [5, 5.41) is 64.4. The van der Waals surface area contributed by atoms with Gasteiger partial charge in [-0.15, -0.1) is 19.9 Å². The summed E-state index contributed by atoms with van der Waals surface area (Å²) < 4.78 is 77.5. The van der Waals surface area contributed by atoms with Crippen molar-refractivity contribution in [3.8, 4) is 34.1 Å². The summed E-state index contributed by atoms with van der Waals surface area (Å²) >= 11 is 5.55. The molecule has 3 aliphatic rings. The number of fused-ring (bicyclic) bond motifs is 6. The Morgan fingerprint density at radius 1 is 0.637 bits per heavy atom. The molecule has 8 rings (SSSR count). The average Bonchev–Trinajstić information content (AvgIpc) is 1.62. The maximum Gasteiger partial charge on any atom is 0.490 e. The second kappa shape index (κ2) is 54.9. The number of ether oxygens (including phenoxy) is 3. The first-order valence-electron chi connectivity index (χ1n) is 38.5. The van der Waals surface area contributed by atoms with Gasteiger partial charge in [-0.3, -0.25) is 42.7 Å². The van der Waals surface area contributed by atoms with E-state index in [1.54, 1.807) is 0 Å². The van der Waals surface area contributed by atoms with Gasteiger partial charge < -0.3 is 102 Å². The Balaban J connectivity index is 0.000000489. The zero-order chi connectivity index (χ0) is 92.0. The number of aliphatic carboxylic acids is 4. The number of carboxylic acids is 4. The fourth-order valence-corrected chi connectivity index (χ4v) is 17.8. The van der Waals surface area contributed by atoms with Gasteiger partial charge in [0.05, 0.1) is 27.4 Å². The number of carbonyl (C=O) groups is 11. The summed E-state index contributed by atoms with van der Waals surface area (Å²) in [5.74, 6) is -2.25. The Hall–Kier alpha value is -7.17. The van der Waals surface area contributed by atoms with E-state index in [-0.39, 0.29) is 147 Å². The zero-order valence-corrected chi connectivity index (χ0v) is 79.2. The van der Waals surface area contributed by atoms with Gasteiger partial charge in [0, 0.05) is 114 Å². The van der Waals surface area contributed by atoms with Crippen molar-refractivity contribution in [2.75, 3.05) is 62.4 Å². The van der Waals surface area contributed by atoms with Gasteiger partial charge in [0.2, 0.25) is 29.5 Å². The predicted molar refractivity (Wildman–Crippen MR) is 466 cm³/mol. The summed E-state index contributed by atoms with van der Waals surface area (Å²) in [4.78, 5) is 186. The predicted octanol–water partition coefficient (Wildman–Crippen LogP) is 6.90. The third kappa shape index (κ3) is 37.6. The number of unbranched alkanes of at least 4 members (excludes halogenated alkanes) is 4. The Kier molecular flexibility index (Phi) is 46.0. The van der Waals surface area contributed by atoms with Crippen LogP contribution in [-0.4, -0.2) is 216 Å². The van der Waals surface area contributed by atoms with Crippen molar-refractivity contribution in [3.63, 3.8) is 0 Å². The van der Waals surface area contributed by atoms with Crippen molar-refractivity contribution >= 4 is 165 Å². The molecule has 2 aliphatic carbocycles. The number of nitrogens with one attached hydrogen (secondary N) is 7. The van der Waals surface area contributed by atoms with E-state index in [9.17, 15) is 91.2 Å². The molecule has 51 heteroatoms. The van der Waals surface area contributed by atoms with E-state index in [0.717, 1.165) is 55.3 Å². The van der Waals surface area contributed by atoms with Crippen LogP contribution in [-0.2, 0) is 112 Å². The van der Waals surface area contributed by atoms with Gasteiger partial charge in [-0.2, -0.15) is 26.2 Å². The number of thiol groups is 1. The van der Waals surface area contributed by atoms with Crippen LogP contribution in [0.4, 0.5) is 15.4 Å². The van der Waals surface area contributed by atoms with Crippen molar-refractivity contribution in [3.05, 3.63) is 142 Å². The van der Waals surface area contributed by atoms with Gasteiger partial charge >= 0.3 is 65.2 Å². The third-order valence-corrected chi connectivity index (χ3v) is 28.9. The molecule has 2 heterocycles. The van der Waals surface area contributed by atoms with E-state index in [1.807, 2.05) is 97.1 Å². The van der Waals surface area contributed by atoms with Crippen molar-refractivity contribution < 1.29 is 166 Å². The molecule has 4 aromatic carbocycles. The van der Waals surface area contributed by atoms with Gasteiger partial charge in [-0.05, 0) is 90.4 Å². The Bertz CT molecular complexity index is 4770. The SMILES string of the molecule is Nc1nc(=O)n([C@H]2CC(O)[C@@H](COP(=O)(O)OP(=O)(O)OP(=O)(O)O)O2)cc1C#CCNC(=O)CCSSCC(NC(=O)OCC1c2ccccc2-c2ccccc21)C(=O)NCCCCCC(=O)NC(CCC(=O)O)C(=O)O.O=C(O)CCC(NC(=O)CCCCCNC(=O)C(CS)NC(=O)OCC1c2ccccc2-c2ccccc21)C(=O)O.[2H]P(P)SP[3H].[Cd]. The van der Waals surface area contributed by atoms with Gasteiger partial charge in [0.1, 0.15) is 55.5 Å². The van der Waals surface area contributed by atoms with Gasteiger partial charge in [-0.1, -0.05) is 152 Å². The summed E-state index contributed by atoms with van der Waals surface area (Å²) in [6.07, 6.45) is -3.24. The first-order valence-corrected chi connectivity index (χ1v) is 50.3. The fourth-order valence-electron chi connectivity index (χ4n) is 12.3. The number of rotatable bonds is 48. The maximum absolute atomic E-state index is 13.4. The number of nitrogens with two attached hydrogens (primary N) is 1. The van der Waals surface area contributed by atoms with Crippen LogP contribution in [0, 0.1) is 11.8 Å². The van der Waals surface area contributed by atoms with Crippen LogP contribution in [0.25, 0.3) is 22.3 Å². The van der Waals surface area contributed by atoms with Crippen LogP contribution < -0.4 is 48.6 Å². The molecule has 5 aromatic rings. The van der Waals surface area contributed by atoms with E-state index < -0.39 is 158 Å². The van der Waals surface area contributed by atoms with Crippen LogP contribution in [0.5, 0.6) is 0 Å². The standard InChI is InChI=1S/C44H56N7O22P3S2.C29H35N3O8S.Cd.H5P3S/c45-40-26(22-51(43(60)50-40)38-21-34(52)35(71-38)24-70-75(65,66)73-76(67,68)72-74(62,63)64)9-8-19-46-36(53)17-20-77-78-25-33(41(57)47-18-7-1-2-14-37(54)48-32(42(58)59)15-16-39(55)56)49-44(61)69-23-31-29-12-5-3-10-27(29)28-11-4-6-13-30(28)31;33-25(31-23(28(37)38)13-14-26(34)35)12-2-1-7-15-30-27(36)24(17-41)32-29(39)40-16-22-20-10-5-3-8-18(20)19-9-4-6-11-21(19)22;;1-3-4-2/h3-6,10-13,22,31-35,38,52H,1-2,7,14-21,23-25H2,(H,46,53)(H,47,57)(H,48,54)(H,49,61)(H,55,56)(H,58,59)(H,65,66)(H,67,68)(H2,45,50,60)(H2,62,63,64);3-6,8-11,22-24,41H,1-2,7,12-17H2,(H,30,36)(H,31,33)(H,32,39)(H,34,35)(H,37,38);;3H,1-2H2/t32?,33?,34?,35-,38-;;;/m1.../s1/i;;;2T,3D. The minimum absolute atomic E-state index is 0. The van der Waals surface area contributed by atoms with Gasteiger partial charge in [0.25, 0.3) is 0 Å². The number of aromatic nitrogens is 2. The summed E-state index contributed by atoms with van der Waals surface area (Å²) in [6, 6.07) is 27.0. The van der Waals surface area contributed by atoms with Crippen LogP contribution in [0.1, 0.15) is 136 Å². The van der Waals surface area contributed by atoms with E-state index in [4.69, 9.17) is 47.6 Å². The first-order chi connectivity index (χ1) is 59.3. The number of nitrogens with zero attached hydrogens (tertiary/aromatic N) is 2. The molecule has 18 N–H and O–H groups in total. The molecule has 1 saturated heterocycles. The Labute approximate surface area is 757 Å². The second-order valence-electron chi connectivity index (χ2n) is 26.9. The molecular formula is C73H96CdN10O30P6S4. The second-order valence-corrected chi connectivity index (χ2v) is 39.4. The number of hydrogen-bond donors (Lipinski definition) is 18. The molecule has 0 spiro atoms. The molecule has 40 nitrogen and oxygen atoms in total. The number of amides is 7. The number of hydrogen-bond acceptors (Lipinski definition) is 28. The number of phosphoric ester groups is 1. The molecular weight excluding hydrogens is 1920 g/mol. The van der Waals surface area contributed by atoms with Crippen LogP contribution >= 0.6 is 93.4 Å². The van der Waals surface area contributed by atoms with E-state index in [2.05, 4.69) is 88.7 Å². The van der Waals surface area contributed by atoms with Gasteiger partial charge in [-0.25, -0.2) is 37.7 Å². The normalized spacial score (nSPS) is 16.6. The number of phosphoric acid groups is 3. The molecule has 0 radical (unpaired) electrons. The number of carbonyl (C=O) groups excluding carboxylic acids is 7. The Morgan fingerprint density at radius 3 is 1.54 bits per heavy atom. The summed E-state index contributed by atoms with van der Waals surface area (Å²) in [7, 11) is -12.7. The van der Waals surface area contributed by atoms with Crippen LogP contribution in [0.3, 0.4) is 0 Å². The number of alkyl carbamates (subject to hydrolysis) is 2. The van der Waals surface area contributed by atoms with E-state index in [0.29, 0.717) is 45.1 Å². The summed E-state index contributed by atoms with van der Waals surface area (Å²) in [6.45, 7) is -0.567. The molecule has 7 amide bonds. The molecule has 1 aromatic heterocycles. The largest absolute Gasteiger partial charge is 0.490 e. The maximum atomic E-state index is 13.4. The molecule has 674 valence electrons. The molecule has 124 heavy (non-hydrogen) atoms. The van der Waals surface area contributed by atoms with Crippen LogP contribution in [0.15, 0.2) is 108 Å². The third-order valence-electron chi connectivity index (χ3n) is 18.1. The molecule has 0 bridgehead atoms. The van der Waals surface area contributed by atoms with E-state index >= 15 is 0 Å². The number of nitrogen functional groups attached to an aromatic ring is 1. The minimum atomic E-state index is -5.81. The molecule has 1 aliphatic heterocycles. The average molecular weight is 2020 g/mol. The van der Waals surface area contributed by atoms with Gasteiger partial charge in [0.15, 0.2) is 0 Å². The number of aliphatic hydroxyl groups is 1. The van der Waals surface area contributed by atoms with E-state index in [1.165, 1.54) is 32.6 Å². The zero-order valence-electron chi connectivity index (χ0n) is 68.1. The smallest absolute Gasteiger partial charge is 0.481 e. The van der Waals surface area contributed by atoms with Crippen molar-refractivity contribution in [2.24, 2.45) is 0 Å². The van der Waals surface area contributed by atoms with Crippen LogP contribution in [0.2, 0.25) is 0 Å². The Morgan fingerprint density at radius 2 is 1.10 bits per heavy atom. The summed E-state index contributed by atoms with van der Waals surface area (Å²) in [5.41, 5.74) is 13.4. The van der Waals surface area contributed by atoms with Crippen molar-refractivity contribution in [1.82, 2.24) is 46.8 Å².